The van der Waals surface area contributed by atoms with Crippen LogP contribution in [0, 0.1) is 12.3 Å². The minimum absolute atomic E-state index is 0.325. The second kappa shape index (κ2) is 7.83. The molecule has 0 aromatic heterocycles. The quantitative estimate of drug-likeness (QED) is 0.793. The van der Waals surface area contributed by atoms with Crippen LogP contribution >= 0.6 is 0 Å². The van der Waals surface area contributed by atoms with Crippen molar-refractivity contribution in [1.82, 2.24) is 5.32 Å². The van der Waals surface area contributed by atoms with Gasteiger partial charge in [-0.15, -0.1) is 0 Å². The molecule has 0 unspecified atom stereocenters. The average Bonchev–Trinajstić information content (AvgIpc) is 2.61. The lowest BCUT2D eigenvalue weighted by Gasteiger charge is -2.23. The third kappa shape index (κ3) is 4.83. The summed E-state index contributed by atoms with van der Waals surface area (Å²) < 4.78 is 5.13. The van der Waals surface area contributed by atoms with Crippen LogP contribution < -0.4 is 15.4 Å². The number of rotatable bonds is 6. The molecule has 0 aliphatic rings. The number of carbonyl (C=O) groups excluding carboxylic acids is 2. The van der Waals surface area contributed by atoms with Gasteiger partial charge in [-0.25, -0.2) is 0 Å². The summed E-state index contributed by atoms with van der Waals surface area (Å²) in [5.74, 6) is -0.0601. The second-order valence-corrected chi connectivity index (χ2v) is 6.48. The van der Waals surface area contributed by atoms with Gasteiger partial charge < -0.3 is 15.4 Å². The molecular weight excluding hydrogens is 316 g/mol. The first-order chi connectivity index (χ1) is 11.8. The van der Waals surface area contributed by atoms with Gasteiger partial charge in [0.15, 0.2) is 0 Å². The fraction of sp³-hybridized carbons (Fsp3) is 0.300. The van der Waals surface area contributed by atoms with E-state index in [4.69, 9.17) is 4.74 Å². The summed E-state index contributed by atoms with van der Waals surface area (Å²) in [5.41, 5.74) is 1.54. The normalized spacial score (nSPS) is 10.9. The Bertz CT molecular complexity index is 752. The van der Waals surface area contributed by atoms with Crippen molar-refractivity contribution in [2.45, 2.75) is 27.3 Å². The van der Waals surface area contributed by atoms with Crippen LogP contribution in [0.2, 0.25) is 0 Å². The maximum absolute atomic E-state index is 12.5. The Hall–Kier alpha value is -2.82. The third-order valence-corrected chi connectivity index (χ3v) is 4.04. The molecule has 25 heavy (non-hydrogen) atoms. The van der Waals surface area contributed by atoms with E-state index < -0.39 is 5.41 Å². The molecule has 0 atom stereocenters. The molecule has 2 rings (SSSR count). The summed E-state index contributed by atoms with van der Waals surface area (Å²) in [6.07, 6.45) is 0. The molecule has 2 aromatic carbocycles. The maximum atomic E-state index is 12.5. The van der Waals surface area contributed by atoms with E-state index >= 15 is 0 Å². The highest BCUT2D eigenvalue weighted by atomic mass is 16.5. The van der Waals surface area contributed by atoms with Gasteiger partial charge in [0.05, 0.1) is 7.11 Å². The molecule has 2 amide bonds. The lowest BCUT2D eigenvalue weighted by Crippen LogP contribution is -2.44. The van der Waals surface area contributed by atoms with Gasteiger partial charge in [0.1, 0.15) is 11.2 Å². The zero-order chi connectivity index (χ0) is 18.4. The van der Waals surface area contributed by atoms with E-state index in [0.717, 1.165) is 11.1 Å². The van der Waals surface area contributed by atoms with Crippen molar-refractivity contribution in [3.63, 3.8) is 0 Å². The zero-order valence-corrected chi connectivity index (χ0v) is 15.1. The fourth-order valence-electron chi connectivity index (χ4n) is 2.20. The molecule has 0 heterocycles. The molecule has 132 valence electrons. The van der Waals surface area contributed by atoms with Crippen LogP contribution in [0.4, 0.5) is 5.69 Å². The molecule has 0 saturated carbocycles. The number of ether oxygens (including phenoxy) is 1. The summed E-state index contributed by atoms with van der Waals surface area (Å²) in [6.45, 7) is 5.60. The van der Waals surface area contributed by atoms with Gasteiger partial charge in [-0.05, 0) is 38.5 Å². The zero-order valence-electron chi connectivity index (χ0n) is 15.1. The van der Waals surface area contributed by atoms with Crippen LogP contribution in [-0.4, -0.2) is 18.9 Å². The standard InChI is InChI=1S/C20H24N2O3/c1-14-8-10-15(11-9-14)13-21-18(23)20(2,3)19(24)22-16-6-5-7-17(12-16)25-4/h5-12H,13H2,1-4H3,(H,21,23)(H,22,24). The number of amides is 2. The Morgan fingerprint density at radius 1 is 1.04 bits per heavy atom. The summed E-state index contributed by atoms with van der Waals surface area (Å²) in [5, 5.41) is 5.59. The summed E-state index contributed by atoms with van der Waals surface area (Å²) in [7, 11) is 1.56. The molecule has 2 aromatic rings. The first-order valence-electron chi connectivity index (χ1n) is 8.12. The van der Waals surface area contributed by atoms with E-state index in [9.17, 15) is 9.59 Å². The van der Waals surface area contributed by atoms with E-state index in [1.54, 1.807) is 45.2 Å². The van der Waals surface area contributed by atoms with E-state index in [0.29, 0.717) is 18.0 Å². The van der Waals surface area contributed by atoms with Crippen LogP contribution in [0.5, 0.6) is 5.75 Å². The van der Waals surface area contributed by atoms with Crippen molar-refractivity contribution in [3.05, 3.63) is 59.7 Å². The summed E-state index contributed by atoms with van der Waals surface area (Å²) in [4.78, 5) is 25.0. The molecule has 5 heteroatoms. The Kier molecular flexibility index (Phi) is 5.80. The van der Waals surface area contributed by atoms with Gasteiger partial charge in [-0.1, -0.05) is 35.9 Å². The number of carbonyl (C=O) groups is 2. The molecular formula is C20H24N2O3. The Morgan fingerprint density at radius 3 is 2.36 bits per heavy atom. The molecule has 0 saturated heterocycles. The molecule has 0 radical (unpaired) electrons. The Labute approximate surface area is 148 Å². The number of hydrogen-bond acceptors (Lipinski definition) is 3. The molecule has 0 aliphatic carbocycles. The first kappa shape index (κ1) is 18.5. The van der Waals surface area contributed by atoms with E-state index in [1.807, 2.05) is 31.2 Å². The number of anilines is 1. The average molecular weight is 340 g/mol. The highest BCUT2D eigenvalue weighted by molar-refractivity contribution is 6.09. The lowest BCUT2D eigenvalue weighted by atomic mass is 9.90. The van der Waals surface area contributed by atoms with Gasteiger partial charge in [0.25, 0.3) is 0 Å². The van der Waals surface area contributed by atoms with Crippen LogP contribution in [-0.2, 0) is 16.1 Å². The van der Waals surface area contributed by atoms with Crippen LogP contribution in [0.15, 0.2) is 48.5 Å². The monoisotopic (exact) mass is 340 g/mol. The van der Waals surface area contributed by atoms with Crippen molar-refractivity contribution in [2.24, 2.45) is 5.41 Å². The number of aryl methyl sites for hydroxylation is 1. The summed E-state index contributed by atoms with van der Waals surface area (Å²) in [6, 6.07) is 14.9. The van der Waals surface area contributed by atoms with Gasteiger partial charge in [0.2, 0.25) is 11.8 Å². The maximum Gasteiger partial charge on any atom is 0.239 e. The van der Waals surface area contributed by atoms with E-state index in [1.165, 1.54) is 0 Å². The molecule has 0 aliphatic heterocycles. The van der Waals surface area contributed by atoms with Gasteiger partial charge in [-0.2, -0.15) is 0 Å². The predicted octanol–water partition coefficient (Wildman–Crippen LogP) is 3.28. The largest absolute Gasteiger partial charge is 0.497 e. The molecule has 0 spiro atoms. The first-order valence-corrected chi connectivity index (χ1v) is 8.12. The highest BCUT2D eigenvalue weighted by Gasteiger charge is 2.35. The Balaban J connectivity index is 1.98. The van der Waals surface area contributed by atoms with Crippen molar-refractivity contribution in [3.8, 4) is 5.75 Å². The molecule has 0 fully saturated rings. The van der Waals surface area contributed by atoms with Crippen molar-refractivity contribution in [1.29, 1.82) is 0 Å². The molecule has 5 nitrogen and oxygen atoms in total. The number of nitrogens with one attached hydrogen (secondary N) is 2. The fourth-order valence-corrected chi connectivity index (χ4v) is 2.20. The Morgan fingerprint density at radius 2 is 1.72 bits per heavy atom. The summed E-state index contributed by atoms with van der Waals surface area (Å²) >= 11 is 0. The number of methoxy groups -OCH3 is 1. The van der Waals surface area contributed by atoms with Crippen LogP contribution in [0.25, 0.3) is 0 Å². The highest BCUT2D eigenvalue weighted by Crippen LogP contribution is 2.22. The van der Waals surface area contributed by atoms with E-state index in [-0.39, 0.29) is 11.8 Å². The number of hydrogen-bond donors (Lipinski definition) is 2. The van der Waals surface area contributed by atoms with E-state index in [2.05, 4.69) is 10.6 Å². The van der Waals surface area contributed by atoms with Crippen LogP contribution in [0.1, 0.15) is 25.0 Å². The van der Waals surface area contributed by atoms with Crippen molar-refractivity contribution < 1.29 is 14.3 Å². The van der Waals surface area contributed by atoms with Crippen molar-refractivity contribution >= 4 is 17.5 Å². The second-order valence-electron chi connectivity index (χ2n) is 6.48. The minimum Gasteiger partial charge on any atom is -0.497 e. The topological polar surface area (TPSA) is 67.4 Å². The lowest BCUT2D eigenvalue weighted by molar-refractivity contribution is -0.138. The smallest absolute Gasteiger partial charge is 0.239 e. The van der Waals surface area contributed by atoms with Gasteiger partial charge >= 0.3 is 0 Å². The minimum atomic E-state index is -1.20. The predicted molar refractivity (Wildman–Crippen MR) is 98.4 cm³/mol. The molecule has 2 N–H and O–H groups in total. The van der Waals surface area contributed by atoms with Crippen LogP contribution in [0.3, 0.4) is 0 Å². The van der Waals surface area contributed by atoms with Gasteiger partial charge in [-0.3, -0.25) is 9.59 Å². The van der Waals surface area contributed by atoms with Gasteiger partial charge in [0, 0.05) is 18.3 Å². The third-order valence-electron chi connectivity index (χ3n) is 4.04. The number of benzene rings is 2. The SMILES string of the molecule is COc1cccc(NC(=O)C(C)(C)C(=O)NCc2ccc(C)cc2)c1. The van der Waals surface area contributed by atoms with Crippen molar-refractivity contribution in [2.75, 3.05) is 12.4 Å². The molecule has 0 bridgehead atoms.